The molecular formula is C12H15N7O2. The average Bonchev–Trinajstić information content (AvgIpc) is 3.14. The molecule has 3 aromatic heterocycles. The molecule has 0 saturated carbocycles. The lowest BCUT2D eigenvalue weighted by Gasteiger charge is -2.05. The zero-order chi connectivity index (χ0) is 14.7. The lowest BCUT2D eigenvalue weighted by atomic mass is 10.4. The highest BCUT2D eigenvalue weighted by Gasteiger charge is 2.14. The van der Waals surface area contributed by atoms with E-state index in [0.29, 0.717) is 36.3 Å². The predicted octanol–water partition coefficient (Wildman–Crippen LogP) is 1.45. The molecule has 3 aromatic rings. The summed E-state index contributed by atoms with van der Waals surface area (Å²) in [6.07, 6.45) is 2.83. The molecule has 3 rings (SSSR count). The van der Waals surface area contributed by atoms with E-state index in [2.05, 4.69) is 35.4 Å². The number of H-pyrrole nitrogens is 1. The van der Waals surface area contributed by atoms with Gasteiger partial charge in [-0.3, -0.25) is 0 Å². The molecule has 1 atom stereocenters. The van der Waals surface area contributed by atoms with Crippen molar-refractivity contribution in [3.05, 3.63) is 24.4 Å². The van der Waals surface area contributed by atoms with Crippen molar-refractivity contribution in [2.45, 2.75) is 26.5 Å². The van der Waals surface area contributed by atoms with E-state index in [4.69, 9.17) is 9.26 Å². The molecule has 0 radical (unpaired) electrons. The number of rotatable bonds is 6. The lowest BCUT2D eigenvalue weighted by Crippen LogP contribution is -2.04. The Labute approximate surface area is 120 Å². The van der Waals surface area contributed by atoms with E-state index in [0.717, 1.165) is 5.52 Å². The standard InChI is InChI=1S/C12H15N7O2/c1-3-20-7(2)10-18-8(21-19-10)4-13-11-9-12(15-5-14-9)17-6-16-11/h5-7H,3-4H2,1-2H3,(H2,13,14,15,16,17). The first-order valence-corrected chi connectivity index (χ1v) is 6.60. The predicted molar refractivity (Wildman–Crippen MR) is 73.3 cm³/mol. The number of ether oxygens (including phenoxy) is 1. The normalized spacial score (nSPS) is 12.7. The van der Waals surface area contributed by atoms with Crippen LogP contribution in [0.25, 0.3) is 11.2 Å². The van der Waals surface area contributed by atoms with Crippen LogP contribution in [0.4, 0.5) is 5.82 Å². The number of hydrogen-bond acceptors (Lipinski definition) is 8. The molecule has 0 aliphatic carbocycles. The molecule has 0 saturated heterocycles. The summed E-state index contributed by atoms with van der Waals surface area (Å²) in [7, 11) is 0. The molecule has 9 nitrogen and oxygen atoms in total. The van der Waals surface area contributed by atoms with Crippen LogP contribution in [0.2, 0.25) is 0 Å². The fourth-order valence-corrected chi connectivity index (χ4v) is 1.89. The van der Waals surface area contributed by atoms with Crippen molar-refractivity contribution in [3.63, 3.8) is 0 Å². The number of nitrogens with one attached hydrogen (secondary N) is 2. The van der Waals surface area contributed by atoms with Crippen molar-refractivity contribution in [2.75, 3.05) is 11.9 Å². The van der Waals surface area contributed by atoms with Crippen LogP contribution in [0, 0.1) is 0 Å². The quantitative estimate of drug-likeness (QED) is 0.700. The third-order valence-electron chi connectivity index (χ3n) is 2.89. The van der Waals surface area contributed by atoms with Gasteiger partial charge in [-0.2, -0.15) is 4.98 Å². The summed E-state index contributed by atoms with van der Waals surface area (Å²) in [5.74, 6) is 1.63. The van der Waals surface area contributed by atoms with Gasteiger partial charge < -0.3 is 19.6 Å². The molecule has 1 unspecified atom stereocenters. The molecule has 110 valence electrons. The zero-order valence-corrected chi connectivity index (χ0v) is 11.7. The third-order valence-corrected chi connectivity index (χ3v) is 2.89. The van der Waals surface area contributed by atoms with Crippen LogP contribution in [0.5, 0.6) is 0 Å². The van der Waals surface area contributed by atoms with Gasteiger partial charge in [-0.25, -0.2) is 15.0 Å². The summed E-state index contributed by atoms with van der Waals surface area (Å²) in [5.41, 5.74) is 1.34. The van der Waals surface area contributed by atoms with Crippen LogP contribution >= 0.6 is 0 Å². The fourth-order valence-electron chi connectivity index (χ4n) is 1.89. The van der Waals surface area contributed by atoms with E-state index < -0.39 is 0 Å². The molecule has 0 aromatic carbocycles. The van der Waals surface area contributed by atoms with Crippen molar-refractivity contribution in [1.82, 2.24) is 30.1 Å². The molecule has 0 bridgehead atoms. The molecule has 0 spiro atoms. The second kappa shape index (κ2) is 5.83. The Bertz CT molecular complexity index is 723. The lowest BCUT2D eigenvalue weighted by molar-refractivity contribution is 0.0683. The molecule has 9 heteroatoms. The summed E-state index contributed by atoms with van der Waals surface area (Å²) < 4.78 is 10.6. The van der Waals surface area contributed by atoms with Gasteiger partial charge >= 0.3 is 0 Å². The van der Waals surface area contributed by atoms with Crippen LogP contribution < -0.4 is 5.32 Å². The second-order valence-electron chi connectivity index (χ2n) is 4.32. The monoisotopic (exact) mass is 289 g/mol. The highest BCUT2D eigenvalue weighted by Crippen LogP contribution is 2.16. The minimum absolute atomic E-state index is 0.189. The minimum Gasteiger partial charge on any atom is -0.371 e. The summed E-state index contributed by atoms with van der Waals surface area (Å²) in [6.45, 7) is 4.76. The fraction of sp³-hybridized carbons (Fsp3) is 0.417. The number of imidazole rings is 1. The first-order valence-electron chi connectivity index (χ1n) is 6.60. The van der Waals surface area contributed by atoms with E-state index in [1.54, 1.807) is 6.33 Å². The second-order valence-corrected chi connectivity index (χ2v) is 4.32. The number of anilines is 1. The topological polar surface area (TPSA) is 115 Å². The van der Waals surface area contributed by atoms with E-state index in [1.165, 1.54) is 6.33 Å². The van der Waals surface area contributed by atoms with Crippen LogP contribution in [-0.2, 0) is 11.3 Å². The van der Waals surface area contributed by atoms with Crippen molar-refractivity contribution < 1.29 is 9.26 Å². The Balaban J connectivity index is 1.69. The largest absolute Gasteiger partial charge is 0.371 e. The van der Waals surface area contributed by atoms with Crippen LogP contribution in [-0.4, -0.2) is 36.7 Å². The van der Waals surface area contributed by atoms with Gasteiger partial charge in [0, 0.05) is 6.61 Å². The van der Waals surface area contributed by atoms with Crippen molar-refractivity contribution >= 4 is 17.0 Å². The molecule has 0 aliphatic rings. The molecule has 0 fully saturated rings. The van der Waals surface area contributed by atoms with Gasteiger partial charge in [-0.1, -0.05) is 5.16 Å². The Kier molecular flexibility index (Phi) is 3.73. The maximum absolute atomic E-state index is 5.41. The van der Waals surface area contributed by atoms with Gasteiger partial charge in [0.05, 0.1) is 12.9 Å². The Hall–Kier alpha value is -2.55. The third kappa shape index (κ3) is 2.82. The maximum atomic E-state index is 5.41. The Morgan fingerprint density at radius 1 is 1.38 bits per heavy atom. The summed E-state index contributed by atoms with van der Waals surface area (Å²) in [6, 6.07) is 0. The molecule has 2 N–H and O–H groups in total. The number of nitrogens with zero attached hydrogens (tertiary/aromatic N) is 5. The summed E-state index contributed by atoms with van der Waals surface area (Å²) in [4.78, 5) is 19.5. The first-order chi connectivity index (χ1) is 10.3. The van der Waals surface area contributed by atoms with Gasteiger partial charge in [0.15, 0.2) is 17.3 Å². The van der Waals surface area contributed by atoms with E-state index in [-0.39, 0.29) is 6.10 Å². The SMILES string of the molecule is CCOC(C)c1noc(CNc2ncnc3nc[nH]c23)n1. The van der Waals surface area contributed by atoms with E-state index >= 15 is 0 Å². The van der Waals surface area contributed by atoms with Crippen LogP contribution in [0.15, 0.2) is 17.2 Å². The molecule has 3 heterocycles. The van der Waals surface area contributed by atoms with E-state index in [1.807, 2.05) is 13.8 Å². The van der Waals surface area contributed by atoms with Gasteiger partial charge in [-0.05, 0) is 13.8 Å². The van der Waals surface area contributed by atoms with Crippen LogP contribution in [0.1, 0.15) is 31.7 Å². The number of fused-ring (bicyclic) bond motifs is 1. The number of hydrogen-bond donors (Lipinski definition) is 2. The van der Waals surface area contributed by atoms with Crippen LogP contribution in [0.3, 0.4) is 0 Å². The highest BCUT2D eigenvalue weighted by atomic mass is 16.5. The molecule has 0 amide bonds. The molecule has 21 heavy (non-hydrogen) atoms. The van der Waals surface area contributed by atoms with Crippen molar-refractivity contribution in [1.29, 1.82) is 0 Å². The van der Waals surface area contributed by atoms with Gasteiger partial charge in [0.25, 0.3) is 0 Å². The number of aromatic nitrogens is 6. The average molecular weight is 289 g/mol. The van der Waals surface area contributed by atoms with Gasteiger partial charge in [0.2, 0.25) is 5.89 Å². The molecule has 0 aliphatic heterocycles. The Morgan fingerprint density at radius 2 is 2.29 bits per heavy atom. The summed E-state index contributed by atoms with van der Waals surface area (Å²) >= 11 is 0. The Morgan fingerprint density at radius 3 is 3.14 bits per heavy atom. The van der Waals surface area contributed by atoms with Gasteiger partial charge in [-0.15, -0.1) is 0 Å². The maximum Gasteiger partial charge on any atom is 0.246 e. The minimum atomic E-state index is -0.189. The highest BCUT2D eigenvalue weighted by molar-refractivity contribution is 5.81. The smallest absolute Gasteiger partial charge is 0.246 e. The molecular weight excluding hydrogens is 274 g/mol. The van der Waals surface area contributed by atoms with Gasteiger partial charge in [0.1, 0.15) is 17.9 Å². The van der Waals surface area contributed by atoms with Crippen molar-refractivity contribution in [2.24, 2.45) is 0 Å². The zero-order valence-electron chi connectivity index (χ0n) is 11.7. The first kappa shape index (κ1) is 13.4. The van der Waals surface area contributed by atoms with Crippen molar-refractivity contribution in [3.8, 4) is 0 Å². The summed E-state index contributed by atoms with van der Waals surface area (Å²) in [5, 5.41) is 7.01. The number of aromatic amines is 1. The van der Waals surface area contributed by atoms with E-state index in [9.17, 15) is 0 Å².